The van der Waals surface area contributed by atoms with E-state index in [1.807, 2.05) is 0 Å². The van der Waals surface area contributed by atoms with E-state index in [0.29, 0.717) is 19.1 Å². The molecule has 0 bridgehead atoms. The molecule has 2 saturated heterocycles. The van der Waals surface area contributed by atoms with Crippen molar-refractivity contribution >= 4 is 11.9 Å². The highest BCUT2D eigenvalue weighted by Crippen LogP contribution is 2.17. The molecule has 0 unspecified atom stereocenters. The van der Waals surface area contributed by atoms with E-state index in [9.17, 15) is 9.59 Å². The van der Waals surface area contributed by atoms with Gasteiger partial charge in [-0.1, -0.05) is 0 Å². The Morgan fingerprint density at radius 2 is 1.68 bits per heavy atom. The van der Waals surface area contributed by atoms with Gasteiger partial charge in [0.15, 0.2) is 0 Å². The maximum atomic E-state index is 11.7. The smallest absolute Gasteiger partial charge is 0.328 e. The van der Waals surface area contributed by atoms with Gasteiger partial charge in [0.25, 0.3) is 0 Å². The van der Waals surface area contributed by atoms with Gasteiger partial charge >= 0.3 is 5.97 Å². The number of hydrogen-bond donors (Lipinski definition) is 1. The van der Waals surface area contributed by atoms with E-state index < -0.39 is 5.97 Å². The molecular weight excluding hydrogens is 248 g/mol. The summed E-state index contributed by atoms with van der Waals surface area (Å²) in [5.41, 5.74) is 0. The maximum Gasteiger partial charge on any atom is 0.328 e. The van der Waals surface area contributed by atoms with Gasteiger partial charge in [0.05, 0.1) is 13.2 Å². The minimum atomic E-state index is -1.09. The Kier molecular flexibility index (Phi) is 4.93. The summed E-state index contributed by atoms with van der Waals surface area (Å²) in [6, 6.07) is 0.524. The molecule has 6 heteroatoms. The second kappa shape index (κ2) is 6.68. The Labute approximate surface area is 112 Å². The van der Waals surface area contributed by atoms with Gasteiger partial charge in [-0.05, 0) is 12.8 Å². The highest BCUT2D eigenvalue weighted by Gasteiger charge is 2.26. The molecule has 0 aromatic carbocycles. The lowest BCUT2D eigenvalue weighted by atomic mass is 10.0. The van der Waals surface area contributed by atoms with Gasteiger partial charge in [-0.15, -0.1) is 0 Å². The van der Waals surface area contributed by atoms with Crippen molar-refractivity contribution in [3.63, 3.8) is 0 Å². The average molecular weight is 268 g/mol. The fourth-order valence-electron chi connectivity index (χ4n) is 2.64. The van der Waals surface area contributed by atoms with Crippen LogP contribution in [-0.4, -0.2) is 72.2 Å². The Morgan fingerprint density at radius 3 is 2.26 bits per heavy atom. The molecule has 0 atom stereocenters. The number of carboxylic acids is 1. The molecule has 0 radical (unpaired) electrons. The third-order valence-corrected chi connectivity index (χ3v) is 3.71. The zero-order valence-electron chi connectivity index (χ0n) is 11.0. The molecule has 19 heavy (non-hydrogen) atoms. The number of aliphatic carboxylic acids is 1. The number of morpholine rings is 1. The van der Waals surface area contributed by atoms with Crippen molar-refractivity contribution in [1.82, 2.24) is 9.80 Å². The molecule has 1 amide bonds. The Balaban J connectivity index is 1.78. The molecule has 2 rings (SSSR count). The number of piperidine rings is 1. The molecule has 1 N–H and O–H groups in total. The number of ether oxygens (including phenoxy) is 1. The number of carboxylic acid groups (broad SMARTS) is 1. The van der Waals surface area contributed by atoms with Crippen LogP contribution in [0, 0.1) is 0 Å². The largest absolute Gasteiger partial charge is 0.478 e. The summed E-state index contributed by atoms with van der Waals surface area (Å²) >= 11 is 0. The van der Waals surface area contributed by atoms with Crippen LogP contribution in [0.1, 0.15) is 12.8 Å². The SMILES string of the molecule is O=C(O)C=CC(=O)N1CCC(N2CCOCC2)CC1. The molecule has 0 aliphatic carbocycles. The monoisotopic (exact) mass is 268 g/mol. The van der Waals surface area contributed by atoms with Gasteiger partial charge in [-0.25, -0.2) is 4.79 Å². The Bertz CT molecular complexity index is 356. The number of amides is 1. The second-order valence-electron chi connectivity index (χ2n) is 4.88. The van der Waals surface area contributed by atoms with E-state index in [0.717, 1.165) is 51.3 Å². The first-order chi connectivity index (χ1) is 9.16. The normalized spacial score (nSPS) is 22.8. The molecule has 0 aromatic rings. The van der Waals surface area contributed by atoms with Crippen LogP contribution in [0.15, 0.2) is 12.2 Å². The van der Waals surface area contributed by atoms with Gasteiger partial charge < -0.3 is 14.7 Å². The lowest BCUT2D eigenvalue weighted by Crippen LogP contribution is -2.49. The molecule has 2 aliphatic heterocycles. The maximum absolute atomic E-state index is 11.7. The van der Waals surface area contributed by atoms with Crippen molar-refractivity contribution in [3.05, 3.63) is 12.2 Å². The predicted octanol–water partition coefficient (Wildman–Crippen LogP) is -0.0496. The number of rotatable bonds is 3. The average Bonchev–Trinajstić information content (AvgIpc) is 2.46. The standard InChI is InChI=1S/C13H20N2O4/c16-12(1-2-13(17)18)15-5-3-11(4-6-15)14-7-9-19-10-8-14/h1-2,11H,3-10H2,(H,17,18). The molecule has 0 saturated carbocycles. The van der Waals surface area contributed by atoms with E-state index in [-0.39, 0.29) is 5.91 Å². The Hall–Kier alpha value is -1.40. The lowest BCUT2D eigenvalue weighted by molar-refractivity contribution is -0.132. The minimum Gasteiger partial charge on any atom is -0.478 e. The Morgan fingerprint density at radius 1 is 1.05 bits per heavy atom. The zero-order chi connectivity index (χ0) is 13.7. The van der Waals surface area contributed by atoms with Crippen LogP contribution in [0.3, 0.4) is 0 Å². The fraction of sp³-hybridized carbons (Fsp3) is 0.692. The van der Waals surface area contributed by atoms with Crippen molar-refractivity contribution in [2.24, 2.45) is 0 Å². The van der Waals surface area contributed by atoms with E-state index in [1.54, 1.807) is 4.90 Å². The van der Waals surface area contributed by atoms with Crippen LogP contribution in [0.2, 0.25) is 0 Å². The molecule has 0 aromatic heterocycles. The molecule has 6 nitrogen and oxygen atoms in total. The first kappa shape index (κ1) is 14.0. The number of carbonyl (C=O) groups is 2. The van der Waals surface area contributed by atoms with Crippen molar-refractivity contribution in [3.8, 4) is 0 Å². The van der Waals surface area contributed by atoms with Crippen molar-refractivity contribution in [1.29, 1.82) is 0 Å². The first-order valence-electron chi connectivity index (χ1n) is 6.68. The van der Waals surface area contributed by atoms with Gasteiger partial charge in [0.2, 0.25) is 5.91 Å². The van der Waals surface area contributed by atoms with Crippen molar-refractivity contribution < 1.29 is 19.4 Å². The number of nitrogens with zero attached hydrogens (tertiary/aromatic N) is 2. The topological polar surface area (TPSA) is 70.1 Å². The first-order valence-corrected chi connectivity index (χ1v) is 6.68. The van der Waals surface area contributed by atoms with Crippen molar-refractivity contribution in [2.75, 3.05) is 39.4 Å². The van der Waals surface area contributed by atoms with Crippen LogP contribution >= 0.6 is 0 Å². The predicted molar refractivity (Wildman–Crippen MR) is 68.8 cm³/mol. The van der Waals surface area contributed by atoms with E-state index >= 15 is 0 Å². The number of likely N-dealkylation sites (tertiary alicyclic amines) is 1. The summed E-state index contributed by atoms with van der Waals surface area (Å²) in [6.45, 7) is 4.92. The molecule has 2 heterocycles. The third-order valence-electron chi connectivity index (χ3n) is 3.71. The highest BCUT2D eigenvalue weighted by molar-refractivity contribution is 5.93. The van der Waals surface area contributed by atoms with E-state index in [4.69, 9.17) is 9.84 Å². The van der Waals surface area contributed by atoms with Gasteiger partial charge in [0, 0.05) is 44.4 Å². The number of carbonyl (C=O) groups excluding carboxylic acids is 1. The zero-order valence-corrected chi connectivity index (χ0v) is 11.0. The lowest BCUT2D eigenvalue weighted by Gasteiger charge is -2.39. The quantitative estimate of drug-likeness (QED) is 0.727. The van der Waals surface area contributed by atoms with Crippen LogP contribution in [0.25, 0.3) is 0 Å². The van der Waals surface area contributed by atoms with E-state index in [1.165, 1.54) is 0 Å². The van der Waals surface area contributed by atoms with Crippen LogP contribution in [0.5, 0.6) is 0 Å². The second-order valence-corrected chi connectivity index (χ2v) is 4.88. The fourth-order valence-corrected chi connectivity index (χ4v) is 2.64. The summed E-state index contributed by atoms with van der Waals surface area (Å²) < 4.78 is 5.33. The molecule has 0 spiro atoms. The van der Waals surface area contributed by atoms with Crippen LogP contribution in [-0.2, 0) is 14.3 Å². The van der Waals surface area contributed by atoms with Crippen molar-refractivity contribution in [2.45, 2.75) is 18.9 Å². The highest BCUT2D eigenvalue weighted by atomic mass is 16.5. The van der Waals surface area contributed by atoms with Gasteiger partial charge in [-0.2, -0.15) is 0 Å². The summed E-state index contributed by atoms with van der Waals surface area (Å²) in [7, 11) is 0. The van der Waals surface area contributed by atoms with E-state index in [2.05, 4.69) is 4.90 Å². The molecule has 2 fully saturated rings. The van der Waals surface area contributed by atoms with Crippen LogP contribution < -0.4 is 0 Å². The molecule has 106 valence electrons. The number of hydrogen-bond acceptors (Lipinski definition) is 4. The minimum absolute atomic E-state index is 0.206. The van der Waals surface area contributed by atoms with Gasteiger partial charge in [-0.3, -0.25) is 9.69 Å². The van der Waals surface area contributed by atoms with Crippen LogP contribution in [0.4, 0.5) is 0 Å². The summed E-state index contributed by atoms with van der Waals surface area (Å²) in [4.78, 5) is 26.2. The third kappa shape index (κ3) is 4.04. The van der Waals surface area contributed by atoms with Gasteiger partial charge in [0.1, 0.15) is 0 Å². The summed E-state index contributed by atoms with van der Waals surface area (Å²) in [5, 5.41) is 8.50. The summed E-state index contributed by atoms with van der Waals surface area (Å²) in [5.74, 6) is -1.29. The molecule has 2 aliphatic rings. The summed E-state index contributed by atoms with van der Waals surface area (Å²) in [6.07, 6.45) is 3.94. The molecular formula is C13H20N2O4.